The number of carbonyl (C=O) groups excluding carboxylic acids is 4. The van der Waals surface area contributed by atoms with Gasteiger partial charge in [0.05, 0.1) is 51.4 Å². The number of hydrogen-bond acceptors (Lipinski definition) is 21. The molecular weight excluding hydrogens is 1270 g/mol. The zero-order chi connectivity index (χ0) is 73.6. The summed E-state index contributed by atoms with van der Waals surface area (Å²) in [5.41, 5.74) is 10.8. The van der Waals surface area contributed by atoms with Crippen LogP contribution in [0.5, 0.6) is 51.7 Å². The fourth-order valence-corrected chi connectivity index (χ4v) is 9.84. The summed E-state index contributed by atoms with van der Waals surface area (Å²) < 4.78 is 0. The van der Waals surface area contributed by atoms with Gasteiger partial charge in [0, 0.05) is 96.2 Å². The Bertz CT molecular complexity index is 4210. The molecule has 0 aliphatic carbocycles. The summed E-state index contributed by atoms with van der Waals surface area (Å²) in [5, 5.41) is 101. The van der Waals surface area contributed by atoms with Gasteiger partial charge in [0.2, 0.25) is 0 Å². The van der Waals surface area contributed by atoms with E-state index in [0.29, 0.717) is 98.7 Å². The molecule has 8 rings (SSSR count). The third-order valence-electron chi connectivity index (χ3n) is 16.1. The first-order valence-corrected chi connectivity index (χ1v) is 33.0. The molecule has 0 fully saturated rings. The van der Waals surface area contributed by atoms with Gasteiger partial charge in [-0.25, -0.2) is 0 Å². The van der Waals surface area contributed by atoms with Crippen molar-refractivity contribution in [3.63, 3.8) is 0 Å². The number of para-hydroxylation sites is 2. The van der Waals surface area contributed by atoms with Crippen LogP contribution >= 0.6 is 0 Å². The Kier molecular flexibility index (Phi) is 31.4. The predicted octanol–water partition coefficient (Wildman–Crippen LogP) is 13.9. The number of phenolic OH excluding ortho intramolecular Hbond substituents is 9. The molecule has 0 saturated carbocycles. The van der Waals surface area contributed by atoms with Crippen LogP contribution in [0.1, 0.15) is 117 Å². The Hall–Kier alpha value is -11.5. The lowest BCUT2D eigenvalue weighted by Crippen LogP contribution is -2.28. The minimum absolute atomic E-state index is 0.00325. The van der Waals surface area contributed by atoms with E-state index in [2.05, 4.69) is 41.2 Å². The Balaban J connectivity index is 0.000000240. The molecule has 21 heteroatoms. The van der Waals surface area contributed by atoms with Crippen molar-refractivity contribution in [2.24, 2.45) is 20.0 Å². The van der Waals surface area contributed by atoms with E-state index in [1.807, 2.05) is 126 Å². The number of Topliss-reactive ketones (excluding diaryl/α,β-unsaturated/α-hetero) is 4. The number of aliphatic imine (C=N–C) groups is 4. The average Bonchev–Trinajstić information content (AvgIpc) is 0.846. The van der Waals surface area contributed by atoms with Gasteiger partial charge in [0.1, 0.15) is 51.7 Å². The van der Waals surface area contributed by atoms with Crippen LogP contribution in [0.3, 0.4) is 0 Å². The molecule has 0 saturated heterocycles. The largest absolute Gasteiger partial charge is 0.508 e. The predicted molar refractivity (Wildman–Crippen MR) is 400 cm³/mol. The number of nitrogens with zero attached hydrogens (tertiary/aromatic N) is 4. The molecule has 2 atom stereocenters. The van der Waals surface area contributed by atoms with Gasteiger partial charge in [-0.3, -0.25) is 39.1 Å². The van der Waals surface area contributed by atoms with Crippen molar-refractivity contribution in [1.82, 2.24) is 0 Å². The van der Waals surface area contributed by atoms with Crippen molar-refractivity contribution >= 4 is 68.7 Å². The van der Waals surface area contributed by atoms with Gasteiger partial charge in [-0.05, 0) is 177 Å². The summed E-state index contributed by atoms with van der Waals surface area (Å²) in [6, 6.07) is 45.2. The molecule has 2 unspecified atom stereocenters. The normalized spacial score (nSPS) is 12.0. The van der Waals surface area contributed by atoms with E-state index in [1.54, 1.807) is 77.1 Å². The highest BCUT2D eigenvalue weighted by Crippen LogP contribution is 2.34. The van der Waals surface area contributed by atoms with Crippen LogP contribution in [0.15, 0.2) is 178 Å². The van der Waals surface area contributed by atoms with Crippen LogP contribution in [0.2, 0.25) is 0 Å². The van der Waals surface area contributed by atoms with Gasteiger partial charge in [-0.2, -0.15) is 0 Å². The zero-order valence-electron chi connectivity index (χ0n) is 58.7. The van der Waals surface area contributed by atoms with Crippen molar-refractivity contribution in [3.05, 3.63) is 208 Å². The smallest absolute Gasteiger partial charge is 0.175 e. The van der Waals surface area contributed by atoms with Gasteiger partial charge in [0.25, 0.3) is 0 Å². The molecule has 0 aliphatic rings. The standard InChI is InChI=1S/C21H26N2O3.C20H24N2O3.C19H22N2O4.C19H22N2O3/c1-5-18(17-9-10-19(24)14(3)21(17)26)22-12-20(25)15(4)23-16-8-6-7-13(2)11-16;1-4-17(16-10-11-18(23)13(2)20(16)25)21-12-19(24)14(3)22-15-8-6-5-7-9-15;1-3-17(16-7-8-18(24)12(2)19(16)25)21-11-15(23)10-20-13-5-4-6-14(22)9-13;1-3-17(16-9-10-18(23)13(2)19(16)24)21-12-15(22)11-20-14-7-5-4-6-8-14/h6-11,15,23-24,26H,5,12H2,1-4H3;5-11,14,22-23,25H,4,12H2,1-3H3;4-9,20,22,24-25H,3,10-11H2,1-2H3;4-10,20,23-24H,3,11-12H2,1-2H3. The molecule has 0 bridgehead atoms. The van der Waals surface area contributed by atoms with Gasteiger partial charge >= 0.3 is 0 Å². The second-order valence-electron chi connectivity index (χ2n) is 23.5. The van der Waals surface area contributed by atoms with E-state index in [9.17, 15) is 65.1 Å². The van der Waals surface area contributed by atoms with Crippen LogP contribution in [0.25, 0.3) is 0 Å². The van der Waals surface area contributed by atoms with E-state index in [1.165, 1.54) is 30.3 Å². The number of aryl methyl sites for hydroxylation is 1. The Morgan fingerprint density at radius 1 is 0.350 bits per heavy atom. The van der Waals surface area contributed by atoms with E-state index in [-0.39, 0.29) is 126 Å². The van der Waals surface area contributed by atoms with Gasteiger partial charge in [-0.1, -0.05) is 82.3 Å². The average molecular weight is 1360 g/mol. The molecule has 13 N–H and O–H groups in total. The molecule has 0 amide bonds. The molecule has 0 radical (unpaired) electrons. The van der Waals surface area contributed by atoms with Crippen LogP contribution in [0, 0.1) is 34.6 Å². The van der Waals surface area contributed by atoms with Gasteiger partial charge < -0.3 is 67.2 Å². The first-order valence-electron chi connectivity index (χ1n) is 33.0. The first-order chi connectivity index (χ1) is 47.7. The van der Waals surface area contributed by atoms with Gasteiger partial charge in [0.15, 0.2) is 23.1 Å². The Labute approximate surface area is 585 Å². The van der Waals surface area contributed by atoms with E-state index < -0.39 is 0 Å². The minimum atomic E-state index is -0.367. The van der Waals surface area contributed by atoms with E-state index >= 15 is 0 Å². The molecule has 100 heavy (non-hydrogen) atoms. The number of carbonyl (C=O) groups is 4. The fourth-order valence-electron chi connectivity index (χ4n) is 9.84. The summed E-state index contributed by atoms with van der Waals surface area (Å²) in [6.07, 6.45) is 2.28. The molecule has 8 aromatic rings. The highest BCUT2D eigenvalue weighted by Gasteiger charge is 2.20. The summed E-state index contributed by atoms with van der Waals surface area (Å²) >= 11 is 0. The number of anilines is 4. The molecule has 0 aliphatic heterocycles. The fraction of sp³-hybridized carbons (Fsp3) is 0.291. The second kappa shape index (κ2) is 39.7. The number of ketones is 4. The maximum atomic E-state index is 12.4. The zero-order valence-corrected chi connectivity index (χ0v) is 58.7. The van der Waals surface area contributed by atoms with Gasteiger partial charge in [-0.15, -0.1) is 0 Å². The highest BCUT2D eigenvalue weighted by atomic mass is 16.3. The molecule has 0 heterocycles. The summed E-state index contributed by atoms with van der Waals surface area (Å²) in [4.78, 5) is 66.2. The summed E-state index contributed by atoms with van der Waals surface area (Å²) in [7, 11) is 0. The summed E-state index contributed by atoms with van der Waals surface area (Å²) in [5.74, 6) is 0.00673. The number of phenols is 9. The van der Waals surface area contributed by atoms with E-state index in [4.69, 9.17) is 0 Å². The topological polar surface area (TPSA) is 348 Å². The molecule has 8 aromatic carbocycles. The monoisotopic (exact) mass is 1360 g/mol. The number of hydrogen-bond donors (Lipinski definition) is 13. The third-order valence-corrected chi connectivity index (χ3v) is 16.1. The molecule has 0 spiro atoms. The Morgan fingerprint density at radius 2 is 0.660 bits per heavy atom. The number of nitrogens with one attached hydrogen (secondary N) is 4. The van der Waals surface area contributed by atoms with Crippen molar-refractivity contribution in [1.29, 1.82) is 0 Å². The van der Waals surface area contributed by atoms with Crippen molar-refractivity contribution < 1.29 is 65.1 Å². The summed E-state index contributed by atoms with van der Waals surface area (Å²) in [6.45, 7) is 20.1. The van der Waals surface area contributed by atoms with Crippen LogP contribution in [-0.4, -0.2) is 143 Å². The Morgan fingerprint density at radius 3 is 1.01 bits per heavy atom. The quantitative estimate of drug-likeness (QED) is 0.0203. The maximum Gasteiger partial charge on any atom is 0.175 e. The first kappa shape index (κ1) is 79.2. The van der Waals surface area contributed by atoms with Crippen molar-refractivity contribution in [2.75, 3.05) is 60.5 Å². The minimum Gasteiger partial charge on any atom is -0.508 e. The lowest BCUT2D eigenvalue weighted by Gasteiger charge is -2.14. The molecule has 0 aromatic heterocycles. The van der Waals surface area contributed by atoms with Crippen molar-refractivity contribution in [2.45, 2.75) is 114 Å². The SMILES string of the molecule is CCC(=NCC(=O)C(C)Nc1cccc(C)c1)c1ccc(O)c(C)c1O.CCC(=NCC(=O)C(C)Nc1ccccc1)c1ccc(O)c(C)c1O.CCC(=NCC(=O)CNc1cccc(O)c1)c1ccc(O)c(C)c1O.CCC(=NCC(=O)CNc1ccccc1)c1ccc(O)c(C)c1O. The number of aromatic hydroxyl groups is 9. The highest BCUT2D eigenvalue weighted by molar-refractivity contribution is 6.07. The maximum absolute atomic E-state index is 12.4. The number of rotatable bonds is 28. The number of benzene rings is 8. The van der Waals surface area contributed by atoms with Crippen molar-refractivity contribution in [3.8, 4) is 51.7 Å². The molecule has 528 valence electrons. The lowest BCUT2D eigenvalue weighted by atomic mass is 10.0. The lowest BCUT2D eigenvalue weighted by molar-refractivity contribution is -0.118. The molecular formula is C79H94N8O13. The van der Waals surface area contributed by atoms with E-state index in [0.717, 1.165) is 22.6 Å². The third kappa shape index (κ3) is 24.0. The van der Waals surface area contributed by atoms with Crippen LogP contribution in [-0.2, 0) is 19.2 Å². The van der Waals surface area contributed by atoms with Crippen LogP contribution < -0.4 is 21.3 Å². The molecule has 21 nitrogen and oxygen atoms in total. The second-order valence-corrected chi connectivity index (χ2v) is 23.5. The van der Waals surface area contributed by atoms with Crippen LogP contribution in [0.4, 0.5) is 22.7 Å².